The molecule has 20 heavy (non-hydrogen) atoms. The minimum atomic E-state index is -4.47. The second-order valence-electron chi connectivity index (χ2n) is 4.12. The quantitative estimate of drug-likeness (QED) is 0.756. The standard InChI is InChI=1S/C14H9F3N2O/c15-14(16,17)13-4-2-11(8-19-13)20-10-1-3-12-9(7-10)5-6-18-12/h1-8,18H/i5D. The number of fused-ring (bicyclic) bond motifs is 1. The molecule has 0 saturated carbocycles. The van der Waals surface area contributed by atoms with Crippen molar-refractivity contribution in [1.82, 2.24) is 9.97 Å². The summed E-state index contributed by atoms with van der Waals surface area (Å²) in [6.45, 7) is 0. The van der Waals surface area contributed by atoms with Crippen LogP contribution in [-0.2, 0) is 6.18 Å². The van der Waals surface area contributed by atoms with Gasteiger partial charge in [-0.3, -0.25) is 0 Å². The minimum Gasteiger partial charge on any atom is -0.456 e. The van der Waals surface area contributed by atoms with Crippen LogP contribution in [0.2, 0.25) is 0 Å². The van der Waals surface area contributed by atoms with Crippen LogP contribution in [-0.4, -0.2) is 9.97 Å². The number of H-pyrrole nitrogens is 1. The lowest BCUT2D eigenvalue weighted by atomic mass is 10.2. The average Bonchev–Trinajstić information content (AvgIpc) is 2.80. The molecule has 0 saturated heterocycles. The van der Waals surface area contributed by atoms with Gasteiger partial charge in [0.25, 0.3) is 0 Å². The van der Waals surface area contributed by atoms with Crippen LogP contribution in [0.1, 0.15) is 7.06 Å². The number of hydrogen-bond acceptors (Lipinski definition) is 2. The summed E-state index contributed by atoms with van der Waals surface area (Å²) in [4.78, 5) is 6.25. The predicted molar refractivity (Wildman–Crippen MR) is 67.6 cm³/mol. The highest BCUT2D eigenvalue weighted by molar-refractivity contribution is 5.80. The van der Waals surface area contributed by atoms with Crippen molar-refractivity contribution in [2.75, 3.05) is 0 Å². The van der Waals surface area contributed by atoms with E-state index in [-0.39, 0.29) is 5.75 Å². The number of rotatable bonds is 2. The maximum atomic E-state index is 12.4. The molecule has 2 heterocycles. The molecule has 6 heteroatoms. The highest BCUT2D eigenvalue weighted by Crippen LogP contribution is 2.30. The number of nitrogens with zero attached hydrogens (tertiary/aromatic N) is 1. The zero-order chi connectivity index (χ0) is 15.0. The minimum absolute atomic E-state index is 0.199. The monoisotopic (exact) mass is 279 g/mol. The molecule has 1 N–H and O–H groups in total. The fourth-order valence-electron chi connectivity index (χ4n) is 1.77. The molecular weight excluding hydrogens is 269 g/mol. The van der Waals surface area contributed by atoms with Crippen LogP contribution in [0.4, 0.5) is 13.2 Å². The fourth-order valence-corrected chi connectivity index (χ4v) is 1.77. The van der Waals surface area contributed by atoms with Gasteiger partial charge in [-0.2, -0.15) is 13.2 Å². The van der Waals surface area contributed by atoms with Gasteiger partial charge in [-0.05, 0) is 36.4 Å². The Bertz CT molecular complexity index is 781. The van der Waals surface area contributed by atoms with Gasteiger partial charge < -0.3 is 9.72 Å². The van der Waals surface area contributed by atoms with Gasteiger partial charge in [0.1, 0.15) is 17.2 Å². The summed E-state index contributed by atoms with van der Waals surface area (Å²) in [5.74, 6) is 0.626. The number of nitrogens with one attached hydrogen (secondary N) is 1. The zero-order valence-electron chi connectivity index (χ0n) is 11.0. The van der Waals surface area contributed by atoms with E-state index in [1.54, 1.807) is 24.4 Å². The van der Waals surface area contributed by atoms with E-state index in [1.807, 2.05) is 0 Å². The molecule has 0 unspecified atom stereocenters. The summed E-state index contributed by atoms with van der Waals surface area (Å²) in [5, 5.41) is 0.673. The average molecular weight is 279 g/mol. The first-order valence-electron chi connectivity index (χ1n) is 6.22. The molecule has 0 fully saturated rings. The third-order valence-corrected chi connectivity index (χ3v) is 2.71. The molecule has 0 aliphatic rings. The SMILES string of the molecule is [2H]c1c[nH]c2ccc(Oc3ccc(C(F)(F)F)nc3)cc12. The first-order valence-corrected chi connectivity index (χ1v) is 5.72. The topological polar surface area (TPSA) is 37.9 Å². The van der Waals surface area contributed by atoms with Crippen LogP contribution in [0.3, 0.4) is 0 Å². The third kappa shape index (κ3) is 2.45. The molecule has 2 aromatic heterocycles. The molecule has 1 aromatic carbocycles. The smallest absolute Gasteiger partial charge is 0.433 e. The largest absolute Gasteiger partial charge is 0.456 e. The number of alkyl halides is 3. The van der Waals surface area contributed by atoms with E-state index in [1.165, 1.54) is 6.07 Å². The summed E-state index contributed by atoms with van der Waals surface area (Å²) >= 11 is 0. The lowest BCUT2D eigenvalue weighted by Crippen LogP contribution is -2.07. The Morgan fingerprint density at radius 3 is 2.65 bits per heavy atom. The summed E-state index contributed by atoms with van der Waals surface area (Å²) in [6, 6.07) is 7.43. The lowest BCUT2D eigenvalue weighted by Gasteiger charge is -2.08. The van der Waals surface area contributed by atoms with E-state index in [2.05, 4.69) is 9.97 Å². The first-order chi connectivity index (χ1) is 9.93. The Hall–Kier alpha value is -2.50. The van der Waals surface area contributed by atoms with Crippen LogP contribution >= 0.6 is 0 Å². The van der Waals surface area contributed by atoms with E-state index in [0.717, 1.165) is 17.8 Å². The molecule has 0 atom stereocenters. The van der Waals surface area contributed by atoms with Gasteiger partial charge in [0.05, 0.1) is 7.57 Å². The number of aromatic nitrogens is 2. The summed E-state index contributed by atoms with van der Waals surface area (Å²) in [5.41, 5.74) is -0.178. The van der Waals surface area contributed by atoms with Crippen molar-refractivity contribution in [3.63, 3.8) is 0 Å². The number of halogens is 3. The van der Waals surface area contributed by atoms with Crippen molar-refractivity contribution in [2.24, 2.45) is 0 Å². The molecule has 0 bridgehead atoms. The number of benzene rings is 1. The Labute approximate surface area is 113 Å². The summed E-state index contributed by atoms with van der Waals surface area (Å²) in [7, 11) is 0. The van der Waals surface area contributed by atoms with Gasteiger partial charge in [0.2, 0.25) is 0 Å². The van der Waals surface area contributed by atoms with Gasteiger partial charge in [0, 0.05) is 17.1 Å². The van der Waals surface area contributed by atoms with E-state index >= 15 is 0 Å². The van der Waals surface area contributed by atoms with E-state index < -0.39 is 11.9 Å². The molecule has 0 aliphatic carbocycles. The van der Waals surface area contributed by atoms with Crippen LogP contribution in [0.25, 0.3) is 10.9 Å². The fraction of sp³-hybridized carbons (Fsp3) is 0.0714. The maximum absolute atomic E-state index is 12.4. The Balaban J connectivity index is 1.86. The van der Waals surface area contributed by atoms with Gasteiger partial charge >= 0.3 is 6.18 Å². The van der Waals surface area contributed by atoms with Crippen LogP contribution in [0.15, 0.2) is 48.8 Å². The lowest BCUT2D eigenvalue weighted by molar-refractivity contribution is -0.141. The molecule has 0 radical (unpaired) electrons. The third-order valence-electron chi connectivity index (χ3n) is 2.71. The Morgan fingerprint density at radius 1 is 1.15 bits per heavy atom. The van der Waals surface area contributed by atoms with Crippen molar-refractivity contribution in [2.45, 2.75) is 6.18 Å². The molecule has 0 aliphatic heterocycles. The van der Waals surface area contributed by atoms with Gasteiger partial charge in [-0.15, -0.1) is 0 Å². The Morgan fingerprint density at radius 2 is 1.95 bits per heavy atom. The summed E-state index contributed by atoms with van der Waals surface area (Å²) in [6.07, 6.45) is -1.90. The molecule has 3 aromatic rings. The van der Waals surface area contributed by atoms with Gasteiger partial charge in [0.15, 0.2) is 0 Å². The highest BCUT2D eigenvalue weighted by atomic mass is 19.4. The van der Waals surface area contributed by atoms with Crippen molar-refractivity contribution in [1.29, 1.82) is 0 Å². The molecule has 102 valence electrons. The summed E-state index contributed by atoms with van der Waals surface area (Å²) < 4.78 is 50.4. The van der Waals surface area contributed by atoms with Crippen molar-refractivity contribution < 1.29 is 19.3 Å². The van der Waals surface area contributed by atoms with E-state index in [4.69, 9.17) is 6.11 Å². The van der Waals surface area contributed by atoms with E-state index in [0.29, 0.717) is 17.2 Å². The van der Waals surface area contributed by atoms with Crippen LogP contribution in [0, 0.1) is 0 Å². The Kier molecular flexibility index (Phi) is 2.58. The molecular formula is C14H9F3N2O. The molecule has 0 spiro atoms. The number of aromatic amines is 1. The van der Waals surface area contributed by atoms with Crippen molar-refractivity contribution in [3.8, 4) is 11.5 Å². The van der Waals surface area contributed by atoms with Crippen molar-refractivity contribution in [3.05, 3.63) is 54.5 Å². The van der Waals surface area contributed by atoms with Crippen molar-refractivity contribution >= 4 is 10.9 Å². The maximum Gasteiger partial charge on any atom is 0.433 e. The van der Waals surface area contributed by atoms with Gasteiger partial charge in [-0.1, -0.05) is 0 Å². The van der Waals surface area contributed by atoms with Gasteiger partial charge in [-0.25, -0.2) is 4.98 Å². The van der Waals surface area contributed by atoms with Crippen LogP contribution < -0.4 is 4.74 Å². The second kappa shape index (κ2) is 4.56. The first kappa shape index (κ1) is 11.3. The molecule has 0 amide bonds. The second-order valence-corrected chi connectivity index (χ2v) is 4.12. The van der Waals surface area contributed by atoms with Crippen LogP contribution in [0.5, 0.6) is 11.5 Å². The number of ether oxygens (including phenoxy) is 1. The number of hydrogen-bond donors (Lipinski definition) is 1. The molecule has 3 rings (SSSR count). The predicted octanol–water partition coefficient (Wildman–Crippen LogP) is 4.37. The normalized spacial score (nSPS) is 12.4. The zero-order valence-corrected chi connectivity index (χ0v) is 10.0. The van der Waals surface area contributed by atoms with E-state index in [9.17, 15) is 13.2 Å². The highest BCUT2D eigenvalue weighted by Gasteiger charge is 2.32. The molecule has 3 nitrogen and oxygen atoms in total. The number of pyridine rings is 1.